The number of likely N-dealkylation sites (N-methyl/N-ethyl adjacent to an activating group) is 1. The van der Waals surface area contributed by atoms with Crippen molar-refractivity contribution < 1.29 is 14.1 Å². The molecule has 6 nitrogen and oxygen atoms in total. The van der Waals surface area contributed by atoms with E-state index in [2.05, 4.69) is 15.5 Å². The molecule has 0 bridgehead atoms. The molecule has 124 valence electrons. The number of aryl methyl sites for hydroxylation is 1. The summed E-state index contributed by atoms with van der Waals surface area (Å²) in [7, 11) is 1.89. The van der Waals surface area contributed by atoms with E-state index in [1.54, 1.807) is 24.3 Å². The van der Waals surface area contributed by atoms with Gasteiger partial charge in [-0.05, 0) is 45.2 Å². The van der Waals surface area contributed by atoms with E-state index in [-0.39, 0.29) is 11.8 Å². The van der Waals surface area contributed by atoms with Crippen molar-refractivity contribution in [2.24, 2.45) is 0 Å². The number of nitrogens with one attached hydrogen (secondary N) is 1. The molecule has 2 rings (SSSR count). The molecule has 1 N–H and O–H groups in total. The number of carbonyl (C=O) groups excluding carboxylic acids is 1. The van der Waals surface area contributed by atoms with Gasteiger partial charge in [0, 0.05) is 30.9 Å². The minimum Gasteiger partial charge on any atom is -0.494 e. The van der Waals surface area contributed by atoms with Gasteiger partial charge in [0.15, 0.2) is 11.6 Å². The number of benzene rings is 1. The standard InChI is InChI=1S/C17H23N3O3/c1-4-22-14-7-5-13(6-8-14)15(21)9-10-17-19-16(20-23-17)11-12(2)18-3/h5-8,12,18H,4,9-11H2,1-3H3. The Morgan fingerprint density at radius 1 is 1.35 bits per heavy atom. The predicted molar refractivity (Wildman–Crippen MR) is 86.8 cm³/mol. The Kier molecular flexibility index (Phi) is 6.29. The lowest BCUT2D eigenvalue weighted by molar-refractivity contribution is 0.0979. The summed E-state index contributed by atoms with van der Waals surface area (Å²) in [6.45, 7) is 4.58. The average Bonchev–Trinajstić information content (AvgIpc) is 3.01. The predicted octanol–water partition coefficient (Wildman–Crippen LogP) is 2.43. The number of ether oxygens (including phenoxy) is 1. The van der Waals surface area contributed by atoms with Crippen LogP contribution in [0.5, 0.6) is 5.75 Å². The van der Waals surface area contributed by atoms with Crippen LogP contribution in [0, 0.1) is 0 Å². The third kappa shape index (κ3) is 5.17. The van der Waals surface area contributed by atoms with Gasteiger partial charge in [-0.1, -0.05) is 5.16 Å². The zero-order valence-corrected chi connectivity index (χ0v) is 13.8. The first-order valence-corrected chi connectivity index (χ1v) is 7.87. The highest BCUT2D eigenvalue weighted by Crippen LogP contribution is 2.14. The molecule has 6 heteroatoms. The molecule has 1 aromatic carbocycles. The van der Waals surface area contributed by atoms with E-state index >= 15 is 0 Å². The topological polar surface area (TPSA) is 77.2 Å². The van der Waals surface area contributed by atoms with Gasteiger partial charge in [-0.3, -0.25) is 4.79 Å². The zero-order chi connectivity index (χ0) is 16.7. The molecule has 0 fully saturated rings. The first-order valence-electron chi connectivity index (χ1n) is 7.87. The molecular weight excluding hydrogens is 294 g/mol. The number of ketones is 1. The third-order valence-electron chi connectivity index (χ3n) is 3.54. The van der Waals surface area contributed by atoms with Crippen molar-refractivity contribution in [3.63, 3.8) is 0 Å². The van der Waals surface area contributed by atoms with Gasteiger partial charge >= 0.3 is 0 Å². The van der Waals surface area contributed by atoms with Gasteiger partial charge in [0.2, 0.25) is 5.89 Å². The van der Waals surface area contributed by atoms with E-state index < -0.39 is 0 Å². The lowest BCUT2D eigenvalue weighted by Crippen LogP contribution is -2.24. The van der Waals surface area contributed by atoms with E-state index in [1.807, 2.05) is 20.9 Å². The normalized spacial score (nSPS) is 12.1. The minimum atomic E-state index is 0.0522. The first kappa shape index (κ1) is 17.1. The van der Waals surface area contributed by atoms with Gasteiger partial charge < -0.3 is 14.6 Å². The molecule has 0 aliphatic carbocycles. The molecule has 0 radical (unpaired) electrons. The summed E-state index contributed by atoms with van der Waals surface area (Å²) in [5.41, 5.74) is 0.664. The van der Waals surface area contributed by atoms with Crippen LogP contribution in [0.15, 0.2) is 28.8 Å². The Bertz CT molecular complexity index is 622. The maximum Gasteiger partial charge on any atom is 0.227 e. The highest BCUT2D eigenvalue weighted by atomic mass is 16.5. The fourth-order valence-corrected chi connectivity index (χ4v) is 2.12. The molecule has 1 aromatic heterocycles. The molecule has 0 aliphatic rings. The summed E-state index contributed by atoms with van der Waals surface area (Å²) in [6.07, 6.45) is 1.50. The number of Topliss-reactive ketones (excluding diaryl/α,β-unsaturated/α-hetero) is 1. The van der Waals surface area contributed by atoms with E-state index in [0.717, 1.165) is 5.75 Å². The summed E-state index contributed by atoms with van der Waals surface area (Å²) in [5, 5.41) is 7.05. The molecule has 1 heterocycles. The van der Waals surface area contributed by atoms with Crippen molar-refractivity contribution in [2.75, 3.05) is 13.7 Å². The summed E-state index contributed by atoms with van der Waals surface area (Å²) < 4.78 is 10.6. The highest BCUT2D eigenvalue weighted by Gasteiger charge is 2.12. The average molecular weight is 317 g/mol. The molecule has 0 amide bonds. The van der Waals surface area contributed by atoms with Crippen LogP contribution in [-0.4, -0.2) is 35.6 Å². The maximum atomic E-state index is 12.2. The molecule has 1 atom stereocenters. The van der Waals surface area contributed by atoms with Crippen LogP contribution >= 0.6 is 0 Å². The van der Waals surface area contributed by atoms with Crippen LogP contribution in [-0.2, 0) is 12.8 Å². The summed E-state index contributed by atoms with van der Waals surface area (Å²) in [4.78, 5) is 16.5. The largest absolute Gasteiger partial charge is 0.494 e. The van der Waals surface area contributed by atoms with E-state index in [1.165, 1.54) is 0 Å². The Morgan fingerprint density at radius 2 is 2.09 bits per heavy atom. The molecule has 1 unspecified atom stereocenters. The van der Waals surface area contributed by atoms with Crippen LogP contribution in [0.25, 0.3) is 0 Å². The van der Waals surface area contributed by atoms with Crippen LogP contribution in [0.1, 0.15) is 42.3 Å². The quantitative estimate of drug-likeness (QED) is 0.716. The number of rotatable bonds is 9. The van der Waals surface area contributed by atoms with E-state index in [4.69, 9.17) is 9.26 Å². The molecule has 2 aromatic rings. The van der Waals surface area contributed by atoms with Gasteiger partial charge in [0.25, 0.3) is 0 Å². The van der Waals surface area contributed by atoms with Crippen molar-refractivity contribution in [3.05, 3.63) is 41.5 Å². The first-order chi connectivity index (χ1) is 11.1. The molecule has 0 aliphatic heterocycles. The van der Waals surface area contributed by atoms with Gasteiger partial charge in [0.1, 0.15) is 5.75 Å². The lowest BCUT2D eigenvalue weighted by atomic mass is 10.1. The van der Waals surface area contributed by atoms with Crippen LogP contribution in [0.2, 0.25) is 0 Å². The van der Waals surface area contributed by atoms with E-state index in [9.17, 15) is 4.79 Å². The SMILES string of the molecule is CCOc1ccc(C(=O)CCc2nc(CC(C)NC)no2)cc1. The summed E-state index contributed by atoms with van der Waals surface area (Å²) >= 11 is 0. The summed E-state index contributed by atoms with van der Waals surface area (Å²) in [6, 6.07) is 7.45. The Balaban J connectivity index is 1.86. The number of nitrogens with zero attached hydrogens (tertiary/aromatic N) is 2. The number of hydrogen-bond donors (Lipinski definition) is 1. The van der Waals surface area contributed by atoms with Crippen molar-refractivity contribution in [3.8, 4) is 5.75 Å². The summed E-state index contributed by atoms with van der Waals surface area (Å²) in [5.74, 6) is 1.98. The zero-order valence-electron chi connectivity index (χ0n) is 13.8. The Labute approximate surface area is 136 Å². The number of carbonyl (C=O) groups is 1. The Hall–Kier alpha value is -2.21. The second kappa shape index (κ2) is 8.43. The second-order valence-corrected chi connectivity index (χ2v) is 5.38. The third-order valence-corrected chi connectivity index (χ3v) is 3.54. The van der Waals surface area contributed by atoms with Crippen LogP contribution in [0.3, 0.4) is 0 Å². The molecule has 0 saturated carbocycles. The fourth-order valence-electron chi connectivity index (χ4n) is 2.12. The number of aromatic nitrogens is 2. The van der Waals surface area contributed by atoms with Gasteiger partial charge in [-0.15, -0.1) is 0 Å². The molecule has 0 spiro atoms. The fraction of sp³-hybridized carbons (Fsp3) is 0.471. The van der Waals surface area contributed by atoms with Gasteiger partial charge in [0.05, 0.1) is 6.61 Å². The molecule has 0 saturated heterocycles. The monoisotopic (exact) mass is 317 g/mol. The van der Waals surface area contributed by atoms with Crippen LogP contribution < -0.4 is 10.1 Å². The lowest BCUT2D eigenvalue weighted by Gasteiger charge is -2.04. The van der Waals surface area contributed by atoms with Gasteiger partial charge in [-0.2, -0.15) is 4.98 Å². The van der Waals surface area contributed by atoms with Crippen molar-refractivity contribution >= 4 is 5.78 Å². The van der Waals surface area contributed by atoms with Crippen LogP contribution in [0.4, 0.5) is 0 Å². The van der Waals surface area contributed by atoms with Crippen molar-refractivity contribution in [1.29, 1.82) is 0 Å². The van der Waals surface area contributed by atoms with Crippen molar-refractivity contribution in [1.82, 2.24) is 15.5 Å². The van der Waals surface area contributed by atoms with Gasteiger partial charge in [-0.25, -0.2) is 0 Å². The van der Waals surface area contributed by atoms with Crippen molar-refractivity contribution in [2.45, 2.75) is 39.2 Å². The van der Waals surface area contributed by atoms with E-state index in [0.29, 0.717) is 43.1 Å². The smallest absolute Gasteiger partial charge is 0.227 e. The molecular formula is C17H23N3O3. The number of hydrogen-bond acceptors (Lipinski definition) is 6. The minimum absolute atomic E-state index is 0.0522. The highest BCUT2D eigenvalue weighted by molar-refractivity contribution is 5.96. The second-order valence-electron chi connectivity index (χ2n) is 5.38. The Morgan fingerprint density at radius 3 is 2.74 bits per heavy atom. The molecule has 23 heavy (non-hydrogen) atoms. The maximum absolute atomic E-state index is 12.2.